The van der Waals surface area contributed by atoms with Gasteiger partial charge in [0.2, 0.25) is 0 Å². The molecule has 1 N–H and O–H groups in total. The Hall–Kier alpha value is -0.870. The van der Waals surface area contributed by atoms with Gasteiger partial charge in [-0.2, -0.15) is 0 Å². The molecule has 4 heteroatoms. The van der Waals surface area contributed by atoms with Crippen LogP contribution in [-0.4, -0.2) is 26.8 Å². The van der Waals surface area contributed by atoms with Crippen LogP contribution < -0.4 is 5.32 Å². The maximum atomic E-state index is 12.6. The Morgan fingerprint density at radius 3 is 2.20 bits per heavy atom. The average Bonchev–Trinajstić information content (AvgIpc) is 2.30. The largest absolute Gasteiger partial charge is 0.313 e. The highest BCUT2D eigenvalue weighted by molar-refractivity contribution is 7.91. The first-order valence-corrected chi connectivity index (χ1v) is 8.76. The van der Waals surface area contributed by atoms with Gasteiger partial charge in [-0.3, -0.25) is 0 Å². The van der Waals surface area contributed by atoms with Crippen LogP contribution in [0.1, 0.15) is 38.8 Å². The molecule has 20 heavy (non-hydrogen) atoms. The molecule has 0 amide bonds. The smallest absolute Gasteiger partial charge is 0.179 e. The highest BCUT2D eigenvalue weighted by atomic mass is 32.2. The van der Waals surface area contributed by atoms with Crippen LogP contribution in [-0.2, 0) is 9.84 Å². The van der Waals surface area contributed by atoms with Gasteiger partial charge in [0.25, 0.3) is 0 Å². The van der Waals surface area contributed by atoms with Crippen molar-refractivity contribution in [2.75, 3.05) is 12.3 Å². The van der Waals surface area contributed by atoms with Gasteiger partial charge in [-0.15, -0.1) is 0 Å². The van der Waals surface area contributed by atoms with Crippen LogP contribution in [0.3, 0.4) is 0 Å². The number of benzene rings is 1. The fourth-order valence-corrected chi connectivity index (χ4v) is 3.97. The highest BCUT2D eigenvalue weighted by Gasteiger charge is 2.29. The van der Waals surface area contributed by atoms with Gasteiger partial charge in [0.1, 0.15) is 0 Å². The van der Waals surface area contributed by atoms with E-state index in [2.05, 4.69) is 26.1 Å². The molecular weight excluding hydrogens is 270 g/mol. The van der Waals surface area contributed by atoms with Gasteiger partial charge in [-0.25, -0.2) is 8.42 Å². The van der Waals surface area contributed by atoms with E-state index in [1.807, 2.05) is 26.8 Å². The maximum Gasteiger partial charge on any atom is 0.179 e. The van der Waals surface area contributed by atoms with Crippen LogP contribution in [0.15, 0.2) is 23.1 Å². The molecule has 1 aromatic carbocycles. The molecule has 1 atom stereocenters. The van der Waals surface area contributed by atoms with Crippen molar-refractivity contribution in [3.8, 4) is 0 Å². The first kappa shape index (κ1) is 17.2. The Morgan fingerprint density at radius 2 is 1.75 bits per heavy atom. The van der Waals surface area contributed by atoms with Crippen molar-refractivity contribution in [1.29, 1.82) is 0 Å². The predicted molar refractivity (Wildman–Crippen MR) is 84.9 cm³/mol. The molecule has 0 aliphatic carbocycles. The van der Waals surface area contributed by atoms with Crippen molar-refractivity contribution in [3.63, 3.8) is 0 Å². The minimum absolute atomic E-state index is 0.0564. The van der Waals surface area contributed by atoms with E-state index in [1.54, 1.807) is 12.1 Å². The number of aryl methyl sites for hydroxylation is 2. The molecule has 0 aliphatic rings. The quantitative estimate of drug-likeness (QED) is 0.908. The molecule has 0 spiro atoms. The van der Waals surface area contributed by atoms with E-state index in [0.29, 0.717) is 4.90 Å². The zero-order valence-corrected chi connectivity index (χ0v) is 14.3. The SMILES string of the molecule is CCNC(CS(=O)(=O)c1ccc(C)c(C)c1)C(C)(C)C. The van der Waals surface area contributed by atoms with E-state index in [1.165, 1.54) is 0 Å². The van der Waals surface area contributed by atoms with Crippen LogP contribution in [0.2, 0.25) is 0 Å². The van der Waals surface area contributed by atoms with E-state index in [9.17, 15) is 8.42 Å². The summed E-state index contributed by atoms with van der Waals surface area (Å²) in [6, 6.07) is 5.31. The number of nitrogens with one attached hydrogen (secondary N) is 1. The second kappa shape index (κ2) is 6.27. The fraction of sp³-hybridized carbons (Fsp3) is 0.625. The predicted octanol–water partition coefficient (Wildman–Crippen LogP) is 3.10. The normalized spacial score (nSPS) is 14.3. The molecule has 0 radical (unpaired) electrons. The lowest BCUT2D eigenvalue weighted by Gasteiger charge is -2.31. The van der Waals surface area contributed by atoms with Gasteiger partial charge in [0.15, 0.2) is 9.84 Å². The summed E-state index contributed by atoms with van der Waals surface area (Å²) in [6.07, 6.45) is 0. The van der Waals surface area contributed by atoms with Gasteiger partial charge >= 0.3 is 0 Å². The molecule has 1 aromatic rings. The van der Waals surface area contributed by atoms with Crippen LogP contribution >= 0.6 is 0 Å². The van der Waals surface area contributed by atoms with E-state index in [0.717, 1.165) is 17.7 Å². The van der Waals surface area contributed by atoms with E-state index in [-0.39, 0.29) is 17.2 Å². The molecule has 0 aliphatic heterocycles. The second-order valence-corrected chi connectivity index (χ2v) is 8.54. The zero-order valence-electron chi connectivity index (χ0n) is 13.4. The Kier molecular flexibility index (Phi) is 5.39. The minimum Gasteiger partial charge on any atom is -0.313 e. The first-order valence-electron chi connectivity index (χ1n) is 7.11. The van der Waals surface area contributed by atoms with Gasteiger partial charge < -0.3 is 5.32 Å². The van der Waals surface area contributed by atoms with Crippen LogP contribution in [0.4, 0.5) is 0 Å². The summed E-state index contributed by atoms with van der Waals surface area (Å²) < 4.78 is 25.2. The third kappa shape index (κ3) is 4.32. The summed E-state index contributed by atoms with van der Waals surface area (Å²) in [5.41, 5.74) is 2.04. The molecule has 1 unspecified atom stereocenters. The molecule has 3 nitrogen and oxygen atoms in total. The minimum atomic E-state index is -3.27. The number of hydrogen-bond acceptors (Lipinski definition) is 3. The van der Waals surface area contributed by atoms with Crippen LogP contribution in [0, 0.1) is 19.3 Å². The molecule has 0 saturated carbocycles. The van der Waals surface area contributed by atoms with Crippen molar-refractivity contribution in [2.45, 2.75) is 52.5 Å². The van der Waals surface area contributed by atoms with Crippen LogP contribution in [0.25, 0.3) is 0 Å². The van der Waals surface area contributed by atoms with E-state index in [4.69, 9.17) is 0 Å². The van der Waals surface area contributed by atoms with Gasteiger partial charge in [-0.1, -0.05) is 33.8 Å². The molecule has 0 fully saturated rings. The van der Waals surface area contributed by atoms with Crippen molar-refractivity contribution in [1.82, 2.24) is 5.32 Å². The van der Waals surface area contributed by atoms with Gasteiger partial charge in [0.05, 0.1) is 10.6 Å². The molecule has 0 bridgehead atoms. The van der Waals surface area contributed by atoms with Crippen molar-refractivity contribution < 1.29 is 8.42 Å². The zero-order chi connectivity index (χ0) is 15.6. The number of sulfone groups is 1. The monoisotopic (exact) mass is 297 g/mol. The maximum absolute atomic E-state index is 12.6. The first-order chi connectivity index (χ1) is 9.08. The van der Waals surface area contributed by atoms with E-state index >= 15 is 0 Å². The average molecular weight is 297 g/mol. The molecule has 114 valence electrons. The Bertz CT molecular complexity index is 556. The lowest BCUT2D eigenvalue weighted by Crippen LogP contribution is -2.45. The molecule has 1 rings (SSSR count). The second-order valence-electron chi connectivity index (χ2n) is 6.50. The summed E-state index contributed by atoms with van der Waals surface area (Å²) in [4.78, 5) is 0.424. The highest BCUT2D eigenvalue weighted by Crippen LogP contribution is 2.24. The summed E-state index contributed by atoms with van der Waals surface area (Å²) in [5, 5.41) is 3.30. The summed E-state index contributed by atoms with van der Waals surface area (Å²) in [6.45, 7) is 12.9. The molecule has 0 aromatic heterocycles. The molecule has 0 heterocycles. The molecular formula is C16H27NO2S. The fourth-order valence-electron chi connectivity index (χ4n) is 2.08. The lowest BCUT2D eigenvalue weighted by molar-refractivity contribution is 0.292. The third-order valence-electron chi connectivity index (χ3n) is 3.72. The number of hydrogen-bond donors (Lipinski definition) is 1. The van der Waals surface area contributed by atoms with Gasteiger partial charge in [-0.05, 0) is 49.1 Å². The summed E-state index contributed by atoms with van der Waals surface area (Å²) in [5.74, 6) is 0.132. The Morgan fingerprint density at radius 1 is 1.15 bits per heavy atom. The van der Waals surface area contributed by atoms with E-state index < -0.39 is 9.84 Å². The van der Waals surface area contributed by atoms with Crippen molar-refractivity contribution >= 4 is 9.84 Å². The summed E-state index contributed by atoms with van der Waals surface area (Å²) >= 11 is 0. The topological polar surface area (TPSA) is 46.2 Å². The number of rotatable bonds is 5. The standard InChI is InChI=1S/C16H27NO2S/c1-7-17-15(16(4,5)6)11-20(18,19)14-9-8-12(2)13(3)10-14/h8-10,15,17H,7,11H2,1-6H3. The molecule has 0 saturated heterocycles. The Balaban J connectivity index is 3.06. The third-order valence-corrected chi connectivity index (χ3v) is 5.46. The van der Waals surface area contributed by atoms with Gasteiger partial charge in [0, 0.05) is 6.04 Å². The van der Waals surface area contributed by atoms with Crippen LogP contribution in [0.5, 0.6) is 0 Å². The summed E-state index contributed by atoms with van der Waals surface area (Å²) in [7, 11) is -3.27. The lowest BCUT2D eigenvalue weighted by atomic mass is 9.88. The van der Waals surface area contributed by atoms with Crippen molar-refractivity contribution in [2.24, 2.45) is 5.41 Å². The van der Waals surface area contributed by atoms with Crippen molar-refractivity contribution in [3.05, 3.63) is 29.3 Å². The Labute approximate surface area is 123 Å².